The molecule has 1 aromatic heterocycles. The molecular weight excluding hydrogens is 254 g/mol. The van der Waals surface area contributed by atoms with Crippen LogP contribution in [0.5, 0.6) is 0 Å². The molecular formula is C15H25N3O2. The van der Waals surface area contributed by atoms with E-state index in [1.165, 1.54) is 0 Å². The quantitative estimate of drug-likeness (QED) is 0.715. The second-order valence-corrected chi connectivity index (χ2v) is 5.38. The second kappa shape index (κ2) is 8.66. The molecule has 1 rings (SSSR count). The van der Waals surface area contributed by atoms with E-state index >= 15 is 0 Å². The van der Waals surface area contributed by atoms with Gasteiger partial charge < -0.3 is 15.3 Å². The Morgan fingerprint density at radius 2 is 2.15 bits per heavy atom. The molecule has 1 aromatic rings. The maximum atomic E-state index is 11.1. The summed E-state index contributed by atoms with van der Waals surface area (Å²) in [5.41, 5.74) is 1.06. The van der Waals surface area contributed by atoms with Crippen molar-refractivity contribution in [1.82, 2.24) is 15.2 Å². The molecule has 5 nitrogen and oxygen atoms in total. The maximum Gasteiger partial charge on any atom is 0.320 e. The molecule has 0 saturated heterocycles. The van der Waals surface area contributed by atoms with Crippen LogP contribution in [0.4, 0.5) is 0 Å². The van der Waals surface area contributed by atoms with Crippen LogP contribution in [0.1, 0.15) is 26.0 Å². The van der Waals surface area contributed by atoms with Gasteiger partial charge in [-0.2, -0.15) is 0 Å². The van der Waals surface area contributed by atoms with Crippen LogP contribution in [0.2, 0.25) is 0 Å². The number of hydrogen-bond donors (Lipinski definition) is 2. The van der Waals surface area contributed by atoms with Crippen molar-refractivity contribution in [3.05, 3.63) is 30.1 Å². The molecule has 0 saturated carbocycles. The summed E-state index contributed by atoms with van der Waals surface area (Å²) in [6, 6.07) is 5.59. The van der Waals surface area contributed by atoms with E-state index < -0.39 is 12.0 Å². The number of carboxylic acid groups (broad SMARTS) is 1. The SMILES string of the molecule is CC(C)NC(CCN(C)CCc1ccccn1)C(=O)O. The van der Waals surface area contributed by atoms with Crippen molar-refractivity contribution in [3.63, 3.8) is 0 Å². The van der Waals surface area contributed by atoms with Crippen molar-refractivity contribution in [2.75, 3.05) is 20.1 Å². The van der Waals surface area contributed by atoms with Gasteiger partial charge >= 0.3 is 5.97 Å². The van der Waals surface area contributed by atoms with Gasteiger partial charge in [0.05, 0.1) is 0 Å². The van der Waals surface area contributed by atoms with Crippen LogP contribution >= 0.6 is 0 Å². The highest BCUT2D eigenvalue weighted by Gasteiger charge is 2.18. The van der Waals surface area contributed by atoms with Crippen LogP contribution in [0.15, 0.2) is 24.4 Å². The van der Waals surface area contributed by atoms with Crippen LogP contribution in [0, 0.1) is 0 Å². The molecule has 2 N–H and O–H groups in total. The molecule has 0 bridgehead atoms. The Labute approximate surface area is 121 Å². The minimum absolute atomic E-state index is 0.176. The largest absolute Gasteiger partial charge is 0.480 e. The molecule has 1 heterocycles. The third-order valence-corrected chi connectivity index (χ3v) is 3.11. The third-order valence-electron chi connectivity index (χ3n) is 3.11. The van der Waals surface area contributed by atoms with E-state index in [0.717, 1.165) is 25.2 Å². The Bertz CT molecular complexity index is 395. The minimum Gasteiger partial charge on any atom is -0.480 e. The standard InChI is InChI=1S/C15H25N3O2/c1-12(2)17-14(15(19)20)8-11-18(3)10-7-13-6-4-5-9-16-13/h4-6,9,12,14,17H,7-8,10-11H2,1-3H3,(H,19,20). The van der Waals surface area contributed by atoms with Gasteiger partial charge in [-0.25, -0.2) is 0 Å². The molecule has 0 amide bonds. The summed E-state index contributed by atoms with van der Waals surface area (Å²) in [6.45, 7) is 5.55. The van der Waals surface area contributed by atoms with Crippen molar-refractivity contribution in [3.8, 4) is 0 Å². The number of nitrogens with zero attached hydrogens (tertiary/aromatic N) is 2. The zero-order valence-electron chi connectivity index (χ0n) is 12.5. The van der Waals surface area contributed by atoms with E-state index in [0.29, 0.717) is 6.42 Å². The van der Waals surface area contributed by atoms with Gasteiger partial charge in [0.15, 0.2) is 0 Å². The van der Waals surface area contributed by atoms with Crippen molar-refractivity contribution in [2.45, 2.75) is 38.8 Å². The fourth-order valence-corrected chi connectivity index (χ4v) is 1.99. The molecule has 0 aliphatic heterocycles. The molecule has 5 heteroatoms. The molecule has 0 aliphatic rings. The van der Waals surface area contributed by atoms with Gasteiger partial charge in [0.1, 0.15) is 6.04 Å². The van der Waals surface area contributed by atoms with Crippen molar-refractivity contribution in [2.24, 2.45) is 0 Å². The van der Waals surface area contributed by atoms with E-state index in [1.54, 1.807) is 6.20 Å². The predicted molar refractivity (Wildman–Crippen MR) is 79.8 cm³/mol. The fourth-order valence-electron chi connectivity index (χ4n) is 1.99. The summed E-state index contributed by atoms with van der Waals surface area (Å²) in [6.07, 6.45) is 3.28. The van der Waals surface area contributed by atoms with E-state index in [4.69, 9.17) is 5.11 Å². The lowest BCUT2D eigenvalue weighted by Gasteiger charge is -2.21. The third kappa shape index (κ3) is 6.63. The Morgan fingerprint density at radius 1 is 1.40 bits per heavy atom. The number of aliphatic carboxylic acids is 1. The minimum atomic E-state index is -0.781. The van der Waals surface area contributed by atoms with Crippen LogP contribution in [-0.4, -0.2) is 53.2 Å². The first kappa shape index (κ1) is 16.6. The van der Waals surface area contributed by atoms with E-state index in [-0.39, 0.29) is 6.04 Å². The number of nitrogens with one attached hydrogen (secondary N) is 1. The second-order valence-electron chi connectivity index (χ2n) is 5.38. The monoisotopic (exact) mass is 279 g/mol. The van der Waals surface area contributed by atoms with Gasteiger partial charge in [0.25, 0.3) is 0 Å². The average Bonchev–Trinajstić information content (AvgIpc) is 2.41. The smallest absolute Gasteiger partial charge is 0.320 e. The Hall–Kier alpha value is -1.46. The highest BCUT2D eigenvalue weighted by atomic mass is 16.4. The number of likely N-dealkylation sites (N-methyl/N-ethyl adjacent to an activating group) is 1. The molecule has 0 spiro atoms. The summed E-state index contributed by atoms with van der Waals surface area (Å²) < 4.78 is 0. The molecule has 0 fully saturated rings. The number of carbonyl (C=O) groups is 1. The molecule has 1 atom stereocenters. The number of hydrogen-bond acceptors (Lipinski definition) is 4. The van der Waals surface area contributed by atoms with Gasteiger partial charge in [0.2, 0.25) is 0 Å². The predicted octanol–water partition coefficient (Wildman–Crippen LogP) is 1.40. The van der Waals surface area contributed by atoms with Crippen LogP contribution in [0.25, 0.3) is 0 Å². The van der Waals surface area contributed by atoms with Gasteiger partial charge in [-0.05, 0) is 32.1 Å². The topological polar surface area (TPSA) is 65.5 Å². The zero-order chi connectivity index (χ0) is 15.0. The van der Waals surface area contributed by atoms with Crippen molar-refractivity contribution in [1.29, 1.82) is 0 Å². The molecule has 112 valence electrons. The summed E-state index contributed by atoms with van der Waals surface area (Å²) in [5, 5.41) is 12.2. The summed E-state index contributed by atoms with van der Waals surface area (Å²) in [7, 11) is 2.01. The van der Waals surface area contributed by atoms with Gasteiger partial charge in [0, 0.05) is 30.9 Å². The lowest BCUT2D eigenvalue weighted by atomic mass is 10.1. The van der Waals surface area contributed by atoms with E-state index in [9.17, 15) is 4.79 Å². The summed E-state index contributed by atoms with van der Waals surface area (Å²) in [4.78, 5) is 17.6. The Balaban J connectivity index is 2.30. The van der Waals surface area contributed by atoms with E-state index in [1.807, 2.05) is 39.1 Å². The van der Waals surface area contributed by atoms with E-state index in [2.05, 4.69) is 15.2 Å². The lowest BCUT2D eigenvalue weighted by molar-refractivity contribution is -0.139. The summed E-state index contributed by atoms with van der Waals surface area (Å²) in [5.74, 6) is -0.781. The van der Waals surface area contributed by atoms with Gasteiger partial charge in [-0.3, -0.25) is 9.78 Å². The fraction of sp³-hybridized carbons (Fsp3) is 0.600. The summed E-state index contributed by atoms with van der Waals surface area (Å²) >= 11 is 0. The number of aromatic nitrogens is 1. The zero-order valence-corrected chi connectivity index (χ0v) is 12.5. The van der Waals surface area contributed by atoms with Gasteiger partial charge in [-0.1, -0.05) is 19.9 Å². The number of pyridine rings is 1. The first-order valence-electron chi connectivity index (χ1n) is 7.06. The molecule has 0 aromatic carbocycles. The molecule has 0 aliphatic carbocycles. The molecule has 0 radical (unpaired) electrons. The highest BCUT2D eigenvalue weighted by molar-refractivity contribution is 5.73. The van der Waals surface area contributed by atoms with Crippen LogP contribution in [-0.2, 0) is 11.2 Å². The Morgan fingerprint density at radius 3 is 2.70 bits per heavy atom. The maximum absolute atomic E-state index is 11.1. The highest BCUT2D eigenvalue weighted by Crippen LogP contribution is 2.00. The number of rotatable bonds is 9. The first-order valence-corrected chi connectivity index (χ1v) is 7.06. The van der Waals surface area contributed by atoms with Crippen LogP contribution in [0.3, 0.4) is 0 Å². The Kier molecular flexibility index (Phi) is 7.18. The molecule has 20 heavy (non-hydrogen) atoms. The normalized spacial score (nSPS) is 12.8. The first-order chi connectivity index (χ1) is 9.49. The average molecular weight is 279 g/mol. The van der Waals surface area contributed by atoms with Crippen molar-refractivity contribution < 1.29 is 9.90 Å². The van der Waals surface area contributed by atoms with Gasteiger partial charge in [-0.15, -0.1) is 0 Å². The number of carboxylic acids is 1. The lowest BCUT2D eigenvalue weighted by Crippen LogP contribution is -2.42. The van der Waals surface area contributed by atoms with Crippen LogP contribution < -0.4 is 5.32 Å². The molecule has 1 unspecified atom stereocenters. The van der Waals surface area contributed by atoms with Crippen molar-refractivity contribution >= 4 is 5.97 Å².